The summed E-state index contributed by atoms with van der Waals surface area (Å²) in [6.07, 6.45) is 3.70. The van der Waals surface area contributed by atoms with Crippen molar-refractivity contribution in [3.05, 3.63) is 70.8 Å². The Balaban J connectivity index is 1.90. The summed E-state index contributed by atoms with van der Waals surface area (Å²) < 4.78 is 5.33. The van der Waals surface area contributed by atoms with Gasteiger partial charge in [0.2, 0.25) is 0 Å². The first kappa shape index (κ1) is 13.3. The number of carbonyl (C=O) groups is 1. The molecule has 4 rings (SSSR count). The molecule has 0 aromatic heterocycles. The van der Waals surface area contributed by atoms with Crippen LogP contribution >= 0.6 is 0 Å². The van der Waals surface area contributed by atoms with Gasteiger partial charge in [-0.1, -0.05) is 31.2 Å². The van der Waals surface area contributed by atoms with E-state index in [9.17, 15) is 4.79 Å². The zero-order valence-corrected chi connectivity index (χ0v) is 12.8. The number of ketones is 1. The molecule has 0 saturated heterocycles. The van der Waals surface area contributed by atoms with Crippen LogP contribution in [0.2, 0.25) is 0 Å². The molecule has 1 atom stereocenters. The van der Waals surface area contributed by atoms with Crippen molar-refractivity contribution < 1.29 is 9.53 Å². The first-order valence-corrected chi connectivity index (χ1v) is 7.62. The average molecular weight is 290 g/mol. The van der Waals surface area contributed by atoms with Crippen LogP contribution in [0.5, 0.6) is 5.75 Å². The van der Waals surface area contributed by atoms with Crippen molar-refractivity contribution in [3.8, 4) is 5.75 Å². The lowest BCUT2D eigenvalue weighted by Gasteiger charge is -2.25. The topological polar surface area (TPSA) is 26.3 Å². The van der Waals surface area contributed by atoms with Crippen molar-refractivity contribution in [2.24, 2.45) is 5.41 Å². The minimum Gasteiger partial charge on any atom is -0.497 e. The molecule has 0 bridgehead atoms. The standard InChI is InChI=1S/C20H18O2/c1-20-11-13-5-3-4-6-16(13)18(20)10-19(21)17-8-7-15(22-2)9-14(17)12-20/h3-10H,11-12H2,1-2H3. The molecule has 0 fully saturated rings. The number of hydrogen-bond donors (Lipinski definition) is 0. The van der Waals surface area contributed by atoms with Crippen molar-refractivity contribution in [1.82, 2.24) is 0 Å². The molecule has 2 heteroatoms. The van der Waals surface area contributed by atoms with Gasteiger partial charge in [0.1, 0.15) is 5.75 Å². The molecule has 2 aliphatic rings. The summed E-state index contributed by atoms with van der Waals surface area (Å²) in [4.78, 5) is 12.7. The van der Waals surface area contributed by atoms with E-state index in [1.165, 1.54) is 16.7 Å². The maximum Gasteiger partial charge on any atom is 0.186 e. The van der Waals surface area contributed by atoms with E-state index in [0.717, 1.165) is 29.7 Å². The van der Waals surface area contributed by atoms with Gasteiger partial charge in [-0.25, -0.2) is 0 Å². The number of ether oxygens (including phenoxy) is 1. The predicted octanol–water partition coefficient (Wildman–Crippen LogP) is 4.08. The Kier molecular flexibility index (Phi) is 2.77. The lowest BCUT2D eigenvalue weighted by Crippen LogP contribution is -2.18. The summed E-state index contributed by atoms with van der Waals surface area (Å²) in [7, 11) is 1.66. The largest absolute Gasteiger partial charge is 0.497 e. The summed E-state index contributed by atoms with van der Waals surface area (Å²) >= 11 is 0. The summed E-state index contributed by atoms with van der Waals surface area (Å²) in [5, 5.41) is 0. The molecule has 0 amide bonds. The summed E-state index contributed by atoms with van der Waals surface area (Å²) in [5.41, 5.74) is 5.64. The summed E-state index contributed by atoms with van der Waals surface area (Å²) in [6.45, 7) is 2.26. The maximum atomic E-state index is 12.7. The second kappa shape index (κ2) is 4.57. The smallest absolute Gasteiger partial charge is 0.186 e. The van der Waals surface area contributed by atoms with Gasteiger partial charge in [0, 0.05) is 11.0 Å². The van der Waals surface area contributed by atoms with Crippen LogP contribution in [0.4, 0.5) is 0 Å². The van der Waals surface area contributed by atoms with Gasteiger partial charge in [-0.05, 0) is 59.4 Å². The van der Waals surface area contributed by atoms with Crippen LogP contribution in [0.1, 0.15) is 34.0 Å². The van der Waals surface area contributed by atoms with Crippen LogP contribution in [-0.4, -0.2) is 12.9 Å². The third-order valence-corrected chi connectivity index (χ3v) is 4.97. The van der Waals surface area contributed by atoms with Crippen LogP contribution in [0.3, 0.4) is 0 Å². The van der Waals surface area contributed by atoms with E-state index in [-0.39, 0.29) is 11.2 Å². The number of rotatable bonds is 1. The van der Waals surface area contributed by atoms with Crippen molar-refractivity contribution in [1.29, 1.82) is 0 Å². The zero-order valence-electron chi connectivity index (χ0n) is 12.8. The molecule has 0 aliphatic heterocycles. The second-order valence-electron chi connectivity index (χ2n) is 6.52. The van der Waals surface area contributed by atoms with Crippen LogP contribution in [-0.2, 0) is 12.8 Å². The van der Waals surface area contributed by atoms with E-state index < -0.39 is 0 Å². The molecule has 22 heavy (non-hydrogen) atoms. The molecule has 0 N–H and O–H groups in total. The van der Waals surface area contributed by atoms with Crippen LogP contribution in [0, 0.1) is 5.41 Å². The van der Waals surface area contributed by atoms with Crippen molar-refractivity contribution >= 4 is 11.4 Å². The van der Waals surface area contributed by atoms with Crippen molar-refractivity contribution in [2.75, 3.05) is 7.11 Å². The van der Waals surface area contributed by atoms with E-state index in [1.54, 1.807) is 7.11 Å². The van der Waals surface area contributed by atoms with Crippen LogP contribution in [0.25, 0.3) is 5.57 Å². The van der Waals surface area contributed by atoms with E-state index in [2.05, 4.69) is 31.2 Å². The molecule has 2 aromatic carbocycles. The lowest BCUT2D eigenvalue weighted by atomic mass is 9.78. The first-order chi connectivity index (χ1) is 10.6. The van der Waals surface area contributed by atoms with Gasteiger partial charge in [-0.3, -0.25) is 4.79 Å². The Morgan fingerprint density at radius 3 is 2.59 bits per heavy atom. The van der Waals surface area contributed by atoms with Gasteiger partial charge in [0.15, 0.2) is 5.78 Å². The Labute approximate surface area is 130 Å². The SMILES string of the molecule is COc1ccc2c(c1)CC1(C)Cc3ccccc3C1=CC2=O. The molecular weight excluding hydrogens is 272 g/mol. The quantitative estimate of drug-likeness (QED) is 0.791. The Morgan fingerprint density at radius 2 is 1.77 bits per heavy atom. The Hall–Kier alpha value is -2.35. The van der Waals surface area contributed by atoms with Crippen LogP contribution in [0.15, 0.2) is 48.5 Å². The Morgan fingerprint density at radius 1 is 1.00 bits per heavy atom. The molecule has 2 aromatic rings. The lowest BCUT2D eigenvalue weighted by molar-refractivity contribution is 0.104. The Bertz CT molecular complexity index is 816. The molecule has 0 heterocycles. The molecule has 0 radical (unpaired) electrons. The molecule has 0 spiro atoms. The average Bonchev–Trinajstić information content (AvgIpc) is 2.73. The monoisotopic (exact) mass is 290 g/mol. The highest BCUT2D eigenvalue weighted by molar-refractivity contribution is 6.11. The fraction of sp³-hybridized carbons (Fsp3) is 0.250. The van der Waals surface area contributed by atoms with Gasteiger partial charge in [0.25, 0.3) is 0 Å². The minimum atomic E-state index is -0.0169. The van der Waals surface area contributed by atoms with E-state index in [4.69, 9.17) is 4.74 Å². The van der Waals surface area contributed by atoms with Crippen LogP contribution < -0.4 is 4.74 Å². The number of carbonyl (C=O) groups excluding carboxylic acids is 1. The molecule has 1 unspecified atom stereocenters. The molecule has 2 nitrogen and oxygen atoms in total. The summed E-state index contributed by atoms with van der Waals surface area (Å²) in [6, 6.07) is 14.2. The maximum absolute atomic E-state index is 12.7. The molecule has 110 valence electrons. The molecule has 0 saturated carbocycles. The highest BCUT2D eigenvalue weighted by Crippen LogP contribution is 2.50. The van der Waals surface area contributed by atoms with Gasteiger partial charge < -0.3 is 4.74 Å². The number of methoxy groups -OCH3 is 1. The van der Waals surface area contributed by atoms with Crippen molar-refractivity contribution in [2.45, 2.75) is 19.8 Å². The highest BCUT2D eigenvalue weighted by atomic mass is 16.5. The fourth-order valence-electron chi connectivity index (χ4n) is 3.90. The molecular formula is C20H18O2. The van der Waals surface area contributed by atoms with Gasteiger partial charge >= 0.3 is 0 Å². The third-order valence-electron chi connectivity index (χ3n) is 4.97. The first-order valence-electron chi connectivity index (χ1n) is 7.62. The number of fused-ring (bicyclic) bond motifs is 4. The van der Waals surface area contributed by atoms with E-state index in [1.807, 2.05) is 24.3 Å². The van der Waals surface area contributed by atoms with E-state index >= 15 is 0 Å². The predicted molar refractivity (Wildman–Crippen MR) is 87.3 cm³/mol. The van der Waals surface area contributed by atoms with Gasteiger partial charge in [-0.15, -0.1) is 0 Å². The van der Waals surface area contributed by atoms with E-state index in [0.29, 0.717) is 0 Å². The van der Waals surface area contributed by atoms with Gasteiger partial charge in [-0.2, -0.15) is 0 Å². The number of allylic oxidation sites excluding steroid dienone is 2. The van der Waals surface area contributed by atoms with Gasteiger partial charge in [0.05, 0.1) is 7.11 Å². The fourth-order valence-corrected chi connectivity index (χ4v) is 3.90. The highest BCUT2D eigenvalue weighted by Gasteiger charge is 2.40. The van der Waals surface area contributed by atoms with Crippen molar-refractivity contribution in [3.63, 3.8) is 0 Å². The normalized spacial score (nSPS) is 22.3. The second-order valence-corrected chi connectivity index (χ2v) is 6.52. The summed E-state index contributed by atoms with van der Waals surface area (Å²) in [5.74, 6) is 0.919. The number of hydrogen-bond acceptors (Lipinski definition) is 2. The third kappa shape index (κ3) is 1.83. The minimum absolute atomic E-state index is 0.0169. The molecule has 2 aliphatic carbocycles. The number of benzene rings is 2. The zero-order chi connectivity index (χ0) is 15.3.